The quantitative estimate of drug-likeness (QED) is 0.321. The van der Waals surface area contributed by atoms with Gasteiger partial charge in [-0.25, -0.2) is 9.98 Å². The number of anilines is 1. The molecule has 8 heteroatoms. The molecule has 2 fully saturated rings. The molecule has 0 aliphatic carbocycles. The maximum Gasteiger partial charge on any atom is 0.191 e. The molecule has 2 aliphatic rings. The predicted molar refractivity (Wildman–Crippen MR) is 135 cm³/mol. The number of rotatable bonds is 7. The zero-order valence-corrected chi connectivity index (χ0v) is 20.9. The Bertz CT molecular complexity index is 613. The number of ether oxygens (including phenoxy) is 1. The second kappa shape index (κ2) is 14.0. The highest BCUT2D eigenvalue weighted by molar-refractivity contribution is 14.0. The molecule has 2 N–H and O–H groups in total. The van der Waals surface area contributed by atoms with Crippen LogP contribution >= 0.6 is 24.0 Å². The number of guanidine groups is 1. The monoisotopic (exact) mass is 530 g/mol. The lowest BCUT2D eigenvalue weighted by molar-refractivity contribution is 0.0211. The van der Waals surface area contributed by atoms with E-state index in [0.29, 0.717) is 12.6 Å². The van der Waals surface area contributed by atoms with Gasteiger partial charge in [-0.3, -0.25) is 4.90 Å². The Morgan fingerprint density at radius 2 is 1.83 bits per heavy atom. The summed E-state index contributed by atoms with van der Waals surface area (Å²) in [7, 11) is 0. The molecule has 0 spiro atoms. The van der Waals surface area contributed by atoms with Gasteiger partial charge in [0.1, 0.15) is 5.82 Å². The number of nitrogens with zero attached hydrogens (tertiary/aromatic N) is 4. The van der Waals surface area contributed by atoms with Gasteiger partial charge in [0.2, 0.25) is 0 Å². The van der Waals surface area contributed by atoms with Crippen molar-refractivity contribution in [3.05, 3.63) is 23.9 Å². The van der Waals surface area contributed by atoms with Crippen molar-refractivity contribution < 1.29 is 4.74 Å². The van der Waals surface area contributed by atoms with E-state index in [4.69, 9.17) is 14.7 Å². The van der Waals surface area contributed by atoms with E-state index in [9.17, 15) is 0 Å². The van der Waals surface area contributed by atoms with Crippen molar-refractivity contribution in [2.75, 3.05) is 57.4 Å². The molecule has 170 valence electrons. The number of aromatic nitrogens is 1. The van der Waals surface area contributed by atoms with Crippen molar-refractivity contribution in [2.24, 2.45) is 4.99 Å². The molecule has 0 aromatic carbocycles. The van der Waals surface area contributed by atoms with E-state index in [2.05, 4.69) is 46.4 Å². The van der Waals surface area contributed by atoms with Gasteiger partial charge in [0.25, 0.3) is 0 Å². The van der Waals surface area contributed by atoms with Crippen molar-refractivity contribution in [2.45, 2.75) is 52.1 Å². The van der Waals surface area contributed by atoms with Crippen LogP contribution in [0.2, 0.25) is 0 Å². The molecule has 3 heterocycles. The molecule has 2 aliphatic heterocycles. The molecule has 0 saturated carbocycles. The molecule has 7 nitrogen and oxygen atoms in total. The van der Waals surface area contributed by atoms with Gasteiger partial charge in [-0.2, -0.15) is 0 Å². The number of aliphatic imine (C=N–C) groups is 1. The van der Waals surface area contributed by atoms with Crippen LogP contribution in [0.5, 0.6) is 0 Å². The van der Waals surface area contributed by atoms with Crippen LogP contribution in [-0.4, -0.2) is 74.4 Å². The third-order valence-corrected chi connectivity index (χ3v) is 5.74. The van der Waals surface area contributed by atoms with E-state index in [0.717, 1.165) is 69.8 Å². The smallest absolute Gasteiger partial charge is 0.191 e. The first-order valence-electron chi connectivity index (χ1n) is 11.3. The summed E-state index contributed by atoms with van der Waals surface area (Å²) in [5, 5.41) is 6.83. The zero-order valence-electron chi connectivity index (χ0n) is 18.6. The number of nitrogens with one attached hydrogen (secondary N) is 2. The van der Waals surface area contributed by atoms with Gasteiger partial charge < -0.3 is 20.3 Å². The summed E-state index contributed by atoms with van der Waals surface area (Å²) in [5.74, 6) is 1.97. The lowest BCUT2D eigenvalue weighted by atomic mass is 10.2. The Labute approximate surface area is 199 Å². The van der Waals surface area contributed by atoms with E-state index >= 15 is 0 Å². The van der Waals surface area contributed by atoms with E-state index in [-0.39, 0.29) is 24.0 Å². The molecule has 1 aromatic heterocycles. The van der Waals surface area contributed by atoms with Crippen molar-refractivity contribution in [1.29, 1.82) is 0 Å². The van der Waals surface area contributed by atoms with Gasteiger partial charge in [0.15, 0.2) is 5.96 Å². The Morgan fingerprint density at radius 1 is 1.10 bits per heavy atom. The molecule has 2 saturated heterocycles. The maximum atomic E-state index is 5.45. The van der Waals surface area contributed by atoms with Gasteiger partial charge in [0.05, 0.1) is 19.8 Å². The van der Waals surface area contributed by atoms with Crippen LogP contribution in [0.15, 0.2) is 23.3 Å². The number of hydrogen-bond donors (Lipinski definition) is 2. The molecule has 1 unspecified atom stereocenters. The average molecular weight is 530 g/mol. The third-order valence-electron chi connectivity index (χ3n) is 5.74. The minimum absolute atomic E-state index is 0. The molecule has 0 radical (unpaired) electrons. The summed E-state index contributed by atoms with van der Waals surface area (Å²) in [6.07, 6.45) is 7.20. The largest absolute Gasteiger partial charge is 0.379 e. The summed E-state index contributed by atoms with van der Waals surface area (Å²) in [4.78, 5) is 14.3. The Kier molecular flexibility index (Phi) is 11.8. The van der Waals surface area contributed by atoms with Crippen LogP contribution < -0.4 is 15.5 Å². The first-order valence-corrected chi connectivity index (χ1v) is 11.3. The second-order valence-electron chi connectivity index (χ2n) is 8.00. The van der Waals surface area contributed by atoms with Gasteiger partial charge in [-0.15, -0.1) is 24.0 Å². The lowest BCUT2D eigenvalue weighted by Gasteiger charge is -2.32. The van der Waals surface area contributed by atoms with Crippen LogP contribution in [0.25, 0.3) is 0 Å². The number of pyridine rings is 1. The molecule has 30 heavy (non-hydrogen) atoms. The normalized spacial score (nSPS) is 19.5. The maximum absolute atomic E-state index is 5.45. The van der Waals surface area contributed by atoms with E-state index < -0.39 is 0 Å². The fraction of sp³-hybridized carbons (Fsp3) is 0.727. The molecule has 1 atom stereocenters. The Hall–Kier alpha value is -1.13. The predicted octanol–water partition coefficient (Wildman–Crippen LogP) is 2.86. The Morgan fingerprint density at radius 3 is 2.47 bits per heavy atom. The minimum Gasteiger partial charge on any atom is -0.379 e. The van der Waals surface area contributed by atoms with Gasteiger partial charge in [0, 0.05) is 51.5 Å². The summed E-state index contributed by atoms with van der Waals surface area (Å²) >= 11 is 0. The van der Waals surface area contributed by atoms with Crippen molar-refractivity contribution in [1.82, 2.24) is 20.5 Å². The summed E-state index contributed by atoms with van der Waals surface area (Å²) in [6, 6.07) is 4.77. The van der Waals surface area contributed by atoms with Crippen LogP contribution in [0.4, 0.5) is 5.82 Å². The SMILES string of the molecule is CCNC(=NCc1ccc(N2CCCCCC2)nc1)NCC(C)N1CCOCC1.I. The van der Waals surface area contributed by atoms with Crippen LogP contribution in [0, 0.1) is 0 Å². The molecule has 1 aromatic rings. The summed E-state index contributed by atoms with van der Waals surface area (Å²) in [5.41, 5.74) is 1.14. The highest BCUT2D eigenvalue weighted by Crippen LogP contribution is 2.17. The lowest BCUT2D eigenvalue weighted by Crippen LogP contribution is -2.49. The fourth-order valence-electron chi connectivity index (χ4n) is 3.90. The zero-order chi connectivity index (χ0) is 20.3. The van der Waals surface area contributed by atoms with Crippen molar-refractivity contribution >= 4 is 35.8 Å². The fourth-order valence-corrected chi connectivity index (χ4v) is 3.90. The highest BCUT2D eigenvalue weighted by atomic mass is 127. The molecule has 0 amide bonds. The van der Waals surface area contributed by atoms with Crippen LogP contribution in [0.1, 0.15) is 45.1 Å². The van der Waals surface area contributed by atoms with Gasteiger partial charge in [-0.1, -0.05) is 18.9 Å². The number of halogens is 1. The van der Waals surface area contributed by atoms with E-state index in [1.165, 1.54) is 25.7 Å². The number of hydrogen-bond acceptors (Lipinski definition) is 5. The second-order valence-corrected chi connectivity index (χ2v) is 8.00. The van der Waals surface area contributed by atoms with Crippen LogP contribution in [-0.2, 0) is 11.3 Å². The van der Waals surface area contributed by atoms with Crippen molar-refractivity contribution in [3.63, 3.8) is 0 Å². The van der Waals surface area contributed by atoms with Crippen LogP contribution in [0.3, 0.4) is 0 Å². The molecular formula is C22H39IN6O. The molecule has 3 rings (SSSR count). The minimum atomic E-state index is 0. The standard InChI is InChI=1S/C22H38N6O.HI/c1-3-23-22(25-16-19(2)27-12-14-29-15-13-27)26-18-20-8-9-21(24-17-20)28-10-6-4-5-7-11-28;/h8-9,17,19H,3-7,10-16,18H2,1-2H3,(H2,23,25,26);1H. The van der Waals surface area contributed by atoms with E-state index in [1.807, 2.05) is 6.20 Å². The third kappa shape index (κ3) is 8.19. The summed E-state index contributed by atoms with van der Waals surface area (Å²) < 4.78 is 5.45. The van der Waals surface area contributed by atoms with Gasteiger partial charge in [-0.05, 0) is 38.3 Å². The van der Waals surface area contributed by atoms with Crippen molar-refractivity contribution in [3.8, 4) is 0 Å². The first-order chi connectivity index (χ1) is 14.3. The van der Waals surface area contributed by atoms with Gasteiger partial charge >= 0.3 is 0 Å². The highest BCUT2D eigenvalue weighted by Gasteiger charge is 2.17. The summed E-state index contributed by atoms with van der Waals surface area (Å²) in [6.45, 7) is 12.6. The molecule has 0 bridgehead atoms. The number of morpholine rings is 1. The first kappa shape index (κ1) is 25.1. The topological polar surface area (TPSA) is 65.0 Å². The van der Waals surface area contributed by atoms with E-state index in [1.54, 1.807) is 0 Å². The average Bonchev–Trinajstić information content (AvgIpc) is 3.06. The molecular weight excluding hydrogens is 491 g/mol. The Balaban J connectivity index is 0.00000320.